The highest BCUT2D eigenvalue weighted by molar-refractivity contribution is 5.83. The number of aromatic hydroxyl groups is 2. The Morgan fingerprint density at radius 1 is 0.649 bits per heavy atom. The Morgan fingerprint density at radius 2 is 0.919 bits per heavy atom. The second-order valence-corrected chi connectivity index (χ2v) is 14.3. The Bertz CT molecular complexity index is 980. The van der Waals surface area contributed by atoms with Gasteiger partial charge in [-0.3, -0.25) is 4.79 Å². The molecule has 5 nitrogen and oxygen atoms in total. The first-order valence-corrected chi connectivity index (χ1v) is 13.1. The highest BCUT2D eigenvalue weighted by Crippen LogP contribution is 2.45. The maximum absolute atomic E-state index is 13.7. The third-order valence-corrected chi connectivity index (χ3v) is 6.73. The van der Waals surface area contributed by atoms with E-state index < -0.39 is 11.9 Å². The molecule has 0 spiro atoms. The molecule has 5 heteroatoms. The van der Waals surface area contributed by atoms with Crippen LogP contribution in [0.3, 0.4) is 0 Å². The van der Waals surface area contributed by atoms with Crippen molar-refractivity contribution in [3.05, 3.63) is 57.6 Å². The monoisotopic (exact) mass is 512 g/mol. The molecule has 37 heavy (non-hydrogen) atoms. The molecule has 0 atom stereocenters. The third kappa shape index (κ3) is 6.87. The molecule has 2 aromatic rings. The number of rotatable bonds is 5. The molecule has 0 saturated heterocycles. The molecule has 0 aliphatic heterocycles. The van der Waals surface area contributed by atoms with Gasteiger partial charge < -0.3 is 20.1 Å². The van der Waals surface area contributed by atoms with Gasteiger partial charge in [-0.1, -0.05) is 107 Å². The summed E-state index contributed by atoms with van der Waals surface area (Å²) in [5.74, 6) is -0.813. The predicted octanol–water partition coefficient (Wildman–Crippen LogP) is 6.96. The second kappa shape index (κ2) is 10.3. The summed E-state index contributed by atoms with van der Waals surface area (Å²) in [5.41, 5.74) is 2.93. The fourth-order valence-corrected chi connectivity index (χ4v) is 4.63. The maximum atomic E-state index is 13.7. The van der Waals surface area contributed by atoms with E-state index in [0.717, 1.165) is 22.3 Å². The van der Waals surface area contributed by atoms with E-state index in [2.05, 4.69) is 0 Å². The SMILES string of the molecule is CC(C)(C)c1cc(C(C(=O)OCCO)c2cc(C(C)(C)C)c(O)c(C(C)(C)C)c2)cc(C(C)(C)C)c1O. The second-order valence-electron chi connectivity index (χ2n) is 14.3. The number of phenols is 2. The molecule has 3 N–H and O–H groups in total. The van der Waals surface area contributed by atoms with Crippen LogP contribution in [0, 0.1) is 0 Å². The summed E-state index contributed by atoms with van der Waals surface area (Å²) in [4.78, 5) is 13.7. The molecule has 0 bridgehead atoms. The van der Waals surface area contributed by atoms with Gasteiger partial charge in [-0.25, -0.2) is 0 Å². The fourth-order valence-electron chi connectivity index (χ4n) is 4.63. The summed E-state index contributed by atoms with van der Waals surface area (Å²) in [5, 5.41) is 31.9. The minimum Gasteiger partial charge on any atom is -0.507 e. The average molecular weight is 513 g/mol. The van der Waals surface area contributed by atoms with Gasteiger partial charge in [0.2, 0.25) is 0 Å². The normalized spacial score (nSPS) is 13.2. The lowest BCUT2D eigenvalue weighted by Gasteiger charge is -2.31. The van der Waals surface area contributed by atoms with Crippen molar-refractivity contribution in [1.82, 2.24) is 0 Å². The number of ether oxygens (including phenoxy) is 1. The van der Waals surface area contributed by atoms with Crippen LogP contribution < -0.4 is 0 Å². The van der Waals surface area contributed by atoms with Crippen molar-refractivity contribution >= 4 is 5.97 Å². The van der Waals surface area contributed by atoms with Crippen LogP contribution in [-0.2, 0) is 31.2 Å². The van der Waals surface area contributed by atoms with Crippen LogP contribution in [0.15, 0.2) is 24.3 Å². The zero-order valence-electron chi connectivity index (χ0n) is 25.0. The quantitative estimate of drug-likeness (QED) is 0.377. The summed E-state index contributed by atoms with van der Waals surface area (Å²) in [6.45, 7) is 24.0. The number of aliphatic hydroxyl groups is 1. The van der Waals surface area contributed by atoms with Gasteiger partial charge in [-0.05, 0) is 55.0 Å². The molecule has 206 valence electrons. The number of carbonyl (C=O) groups is 1. The summed E-state index contributed by atoms with van der Waals surface area (Å²) < 4.78 is 5.51. The van der Waals surface area contributed by atoms with Gasteiger partial charge >= 0.3 is 5.97 Å². The molecule has 0 aliphatic rings. The van der Waals surface area contributed by atoms with Crippen LogP contribution in [0.2, 0.25) is 0 Å². The van der Waals surface area contributed by atoms with Crippen molar-refractivity contribution in [1.29, 1.82) is 0 Å². The number of carbonyl (C=O) groups excluding carboxylic acids is 1. The van der Waals surface area contributed by atoms with E-state index in [4.69, 9.17) is 4.74 Å². The first-order valence-electron chi connectivity index (χ1n) is 13.1. The summed E-state index contributed by atoms with van der Waals surface area (Å²) in [6.07, 6.45) is 0. The molecule has 0 unspecified atom stereocenters. The molecular formula is C32H48O5. The van der Waals surface area contributed by atoms with E-state index in [1.807, 2.05) is 107 Å². The largest absolute Gasteiger partial charge is 0.507 e. The lowest BCUT2D eigenvalue weighted by Crippen LogP contribution is -2.24. The Morgan fingerprint density at radius 3 is 1.14 bits per heavy atom. The molecule has 0 aliphatic carbocycles. The van der Waals surface area contributed by atoms with Crippen LogP contribution in [-0.4, -0.2) is 34.5 Å². The van der Waals surface area contributed by atoms with Crippen molar-refractivity contribution in [3.8, 4) is 11.5 Å². The molecule has 2 rings (SSSR count). The molecule has 0 saturated carbocycles. The first kappa shape index (κ1) is 30.7. The Labute approximate surface area is 223 Å². The van der Waals surface area contributed by atoms with Gasteiger partial charge in [0.05, 0.1) is 6.61 Å². The van der Waals surface area contributed by atoms with Crippen molar-refractivity contribution in [2.24, 2.45) is 0 Å². The summed E-state index contributed by atoms with van der Waals surface area (Å²) in [7, 11) is 0. The molecule has 0 fully saturated rings. The van der Waals surface area contributed by atoms with E-state index in [1.165, 1.54) is 0 Å². The average Bonchev–Trinajstić information content (AvgIpc) is 2.70. The van der Waals surface area contributed by atoms with Gasteiger partial charge in [-0.15, -0.1) is 0 Å². The van der Waals surface area contributed by atoms with Gasteiger partial charge in [0.1, 0.15) is 24.0 Å². The van der Waals surface area contributed by atoms with Crippen molar-refractivity contribution in [3.63, 3.8) is 0 Å². The Balaban J connectivity index is 3.03. The van der Waals surface area contributed by atoms with Crippen LogP contribution in [0.4, 0.5) is 0 Å². The number of esters is 1. The molecule has 2 aromatic carbocycles. The van der Waals surface area contributed by atoms with Gasteiger partial charge in [0.25, 0.3) is 0 Å². The minimum absolute atomic E-state index is 0.109. The number of benzene rings is 2. The van der Waals surface area contributed by atoms with Gasteiger partial charge in [0, 0.05) is 0 Å². The summed E-state index contributed by atoms with van der Waals surface area (Å²) in [6, 6.07) is 7.59. The highest BCUT2D eigenvalue weighted by atomic mass is 16.5. The first-order chi connectivity index (χ1) is 16.6. The highest BCUT2D eigenvalue weighted by Gasteiger charge is 2.34. The zero-order chi connectivity index (χ0) is 28.7. The van der Waals surface area contributed by atoms with Crippen LogP contribution in [0.25, 0.3) is 0 Å². The number of phenolic OH excluding ortho intramolecular Hbond substituents is 2. The molecule has 0 heterocycles. The van der Waals surface area contributed by atoms with E-state index in [-0.39, 0.29) is 46.4 Å². The molecule has 0 amide bonds. The maximum Gasteiger partial charge on any atom is 0.318 e. The van der Waals surface area contributed by atoms with Crippen molar-refractivity contribution in [2.75, 3.05) is 13.2 Å². The molecule has 0 radical (unpaired) electrons. The third-order valence-electron chi connectivity index (χ3n) is 6.73. The minimum atomic E-state index is -0.808. The number of hydrogen-bond acceptors (Lipinski definition) is 5. The predicted molar refractivity (Wildman–Crippen MR) is 151 cm³/mol. The smallest absolute Gasteiger partial charge is 0.318 e. The van der Waals surface area contributed by atoms with E-state index in [0.29, 0.717) is 11.1 Å². The lowest BCUT2D eigenvalue weighted by molar-refractivity contribution is -0.145. The number of hydrogen-bond donors (Lipinski definition) is 3. The zero-order valence-corrected chi connectivity index (χ0v) is 25.0. The van der Waals surface area contributed by atoms with Crippen LogP contribution in [0.5, 0.6) is 11.5 Å². The fraction of sp³-hybridized carbons (Fsp3) is 0.594. The van der Waals surface area contributed by atoms with E-state index >= 15 is 0 Å². The van der Waals surface area contributed by atoms with Crippen molar-refractivity contribution in [2.45, 2.75) is 111 Å². The van der Waals surface area contributed by atoms with Gasteiger partial charge in [-0.2, -0.15) is 0 Å². The van der Waals surface area contributed by atoms with Gasteiger partial charge in [0.15, 0.2) is 0 Å². The van der Waals surface area contributed by atoms with Crippen LogP contribution in [0.1, 0.15) is 122 Å². The van der Waals surface area contributed by atoms with E-state index in [9.17, 15) is 20.1 Å². The standard InChI is InChI=1S/C32H48O5/c1-29(2,3)21-15-19(16-22(26(21)34)30(4,5)6)25(28(36)37-14-13-33)20-17-23(31(7,8)9)27(35)24(18-20)32(10,11)12/h15-18,25,33-35H,13-14H2,1-12H3. The molecular weight excluding hydrogens is 464 g/mol. The molecule has 0 aromatic heterocycles. The summed E-state index contributed by atoms with van der Waals surface area (Å²) >= 11 is 0. The lowest BCUT2D eigenvalue weighted by atomic mass is 9.74. The topological polar surface area (TPSA) is 87.0 Å². The van der Waals surface area contributed by atoms with Crippen LogP contribution >= 0.6 is 0 Å². The van der Waals surface area contributed by atoms with E-state index in [1.54, 1.807) is 0 Å². The number of aliphatic hydroxyl groups excluding tert-OH is 1. The Kier molecular flexibility index (Phi) is 8.56. The van der Waals surface area contributed by atoms with Crippen molar-refractivity contribution < 1.29 is 24.9 Å². The Hall–Kier alpha value is -2.53.